The molecule has 46 heavy (non-hydrogen) atoms. The molecule has 5 aromatic carbocycles. The number of hydrogen-bond donors (Lipinski definition) is 0. The molecule has 0 aliphatic carbocycles. The Morgan fingerprint density at radius 3 is 1.89 bits per heavy atom. The van der Waals surface area contributed by atoms with Gasteiger partial charge >= 0.3 is 0 Å². The molecule has 0 N–H and O–H groups in total. The van der Waals surface area contributed by atoms with Gasteiger partial charge in [-0.15, -0.1) is 0 Å². The van der Waals surface area contributed by atoms with Crippen LogP contribution in [0.25, 0.3) is 66.6 Å². The Labute approximate surface area is 271 Å². The molecule has 0 saturated heterocycles. The molecule has 0 atom stereocenters. The van der Waals surface area contributed by atoms with Crippen molar-refractivity contribution in [1.82, 2.24) is 0 Å². The predicted molar refractivity (Wildman–Crippen MR) is 185 cm³/mol. The van der Waals surface area contributed by atoms with Gasteiger partial charge in [0.15, 0.2) is 6.20 Å². The van der Waals surface area contributed by atoms with Crippen molar-refractivity contribution in [2.75, 3.05) is 0 Å². The second-order valence-corrected chi connectivity index (χ2v) is 12.1. The third-order valence-electron chi connectivity index (χ3n) is 8.56. The summed E-state index contributed by atoms with van der Waals surface area (Å²) >= 11 is 0. The number of furan rings is 1. The first-order valence-corrected chi connectivity index (χ1v) is 15.4. The molecule has 0 unspecified atom stereocenters. The highest BCUT2D eigenvalue weighted by Gasteiger charge is 2.25. The van der Waals surface area contributed by atoms with Crippen molar-refractivity contribution in [2.24, 2.45) is 13.0 Å². The molecule has 2 heterocycles. The lowest BCUT2D eigenvalue weighted by Crippen LogP contribution is -2.32. The number of nitriles is 1. The van der Waals surface area contributed by atoms with Crippen molar-refractivity contribution in [3.8, 4) is 50.7 Å². The van der Waals surface area contributed by atoms with Crippen LogP contribution in [0.1, 0.15) is 33.3 Å². The third-order valence-corrected chi connectivity index (χ3v) is 8.56. The van der Waals surface area contributed by atoms with Crippen molar-refractivity contribution in [2.45, 2.75) is 27.1 Å². The number of rotatable bonds is 6. The second kappa shape index (κ2) is 11.8. The molecule has 0 bridgehead atoms. The largest absolute Gasteiger partial charge is 0.454 e. The smallest absolute Gasteiger partial charge is 0.219 e. The zero-order chi connectivity index (χ0) is 33.7. The molecule has 0 amide bonds. The first-order valence-electron chi connectivity index (χ1n) is 16.4. The highest BCUT2D eigenvalue weighted by atomic mass is 19.1. The molecule has 4 heteroatoms. The Balaban J connectivity index is 1.34. The quantitative estimate of drug-likeness (QED) is 0.177. The molecule has 0 aliphatic heterocycles. The first-order chi connectivity index (χ1) is 23.1. The van der Waals surface area contributed by atoms with Gasteiger partial charge in [-0.3, -0.25) is 0 Å². The van der Waals surface area contributed by atoms with E-state index in [9.17, 15) is 5.26 Å². The zero-order valence-corrected chi connectivity index (χ0v) is 26.2. The number of aryl methyl sites for hydroxylation is 2. The highest BCUT2D eigenvalue weighted by Crippen LogP contribution is 2.42. The van der Waals surface area contributed by atoms with Gasteiger partial charge in [0.1, 0.15) is 24.0 Å². The van der Waals surface area contributed by atoms with Gasteiger partial charge in [0.05, 0.1) is 22.8 Å². The first kappa shape index (κ1) is 26.8. The van der Waals surface area contributed by atoms with Gasteiger partial charge in [-0.25, -0.2) is 8.96 Å². The van der Waals surface area contributed by atoms with Gasteiger partial charge in [-0.2, -0.15) is 5.26 Å². The van der Waals surface area contributed by atoms with Gasteiger partial charge in [-0.05, 0) is 64.7 Å². The van der Waals surface area contributed by atoms with Crippen LogP contribution in [-0.2, 0) is 13.4 Å². The lowest BCUT2D eigenvalue weighted by Gasteiger charge is -2.09. The normalized spacial score (nSPS) is 12.4. The number of fused-ring (bicyclic) bond motifs is 3. The van der Waals surface area contributed by atoms with E-state index in [1.165, 1.54) is 11.6 Å². The van der Waals surface area contributed by atoms with Gasteiger partial charge in [0.25, 0.3) is 0 Å². The summed E-state index contributed by atoms with van der Waals surface area (Å²) in [6, 6.07) is 38.4. The molecule has 224 valence electrons. The van der Waals surface area contributed by atoms with E-state index < -0.39 is 18.1 Å². The fourth-order valence-electron chi connectivity index (χ4n) is 6.31. The summed E-state index contributed by atoms with van der Waals surface area (Å²) < 4.78 is 41.1. The van der Waals surface area contributed by atoms with Gasteiger partial charge in [0, 0.05) is 25.1 Å². The van der Waals surface area contributed by atoms with Gasteiger partial charge in [0.2, 0.25) is 5.69 Å². The van der Waals surface area contributed by atoms with E-state index in [1.54, 1.807) is 31.7 Å². The Kier molecular flexibility index (Phi) is 6.86. The number of hydrogen-bond acceptors (Lipinski definition) is 2. The molecular formula is C42H34FN2O+. The second-order valence-electron chi connectivity index (χ2n) is 12.1. The highest BCUT2D eigenvalue weighted by molar-refractivity contribution is 6.14. The summed E-state index contributed by atoms with van der Waals surface area (Å²) in [6.45, 7) is 5.45. The molecule has 0 aliphatic rings. The topological polar surface area (TPSA) is 40.8 Å². The fourth-order valence-corrected chi connectivity index (χ4v) is 6.31. The number of nitrogens with zero attached hydrogens (tertiary/aromatic N) is 2. The summed E-state index contributed by atoms with van der Waals surface area (Å²) in [4.78, 5) is 0. The van der Waals surface area contributed by atoms with E-state index in [1.807, 2.05) is 61.5 Å². The van der Waals surface area contributed by atoms with Crippen LogP contribution in [0, 0.1) is 30.0 Å². The Hall–Kier alpha value is -5.53. The maximum Gasteiger partial charge on any atom is 0.219 e. The number of aromatic nitrogens is 1. The minimum absolute atomic E-state index is 0.0229. The molecule has 7 rings (SSSR count). The molecule has 0 radical (unpaired) electrons. The standard InChI is InChI=1S/C42H34FN2O/c1-26(2)22-34-25-45(4)38(23-37(34)43)39-27(3)10-20-35-36-21-19-33(24-44)40(42(36)46-41(35)39)32-17-15-31(16-18-32)30-13-11-29(12-14-30)28-8-6-5-7-9-28/h5-21,23,25-26H,22H2,1-4H3/q+1/i22D2. The fraction of sp³-hybridized carbons (Fsp3) is 0.143. The average molecular weight is 604 g/mol. The van der Waals surface area contributed by atoms with Gasteiger partial charge in [-0.1, -0.05) is 105 Å². The lowest BCUT2D eigenvalue weighted by atomic mass is 9.94. The maximum atomic E-state index is 15.6. The molecule has 0 fully saturated rings. The monoisotopic (exact) mass is 603 g/mol. The van der Waals surface area contributed by atoms with Crippen LogP contribution in [0.2, 0.25) is 0 Å². The van der Waals surface area contributed by atoms with E-state index in [4.69, 9.17) is 7.16 Å². The van der Waals surface area contributed by atoms with Crippen LogP contribution >= 0.6 is 0 Å². The summed E-state index contributed by atoms with van der Waals surface area (Å²) in [5, 5.41) is 11.9. The van der Waals surface area contributed by atoms with Crippen LogP contribution in [0.5, 0.6) is 0 Å². The van der Waals surface area contributed by atoms with E-state index in [0.717, 1.165) is 44.2 Å². The number of pyridine rings is 1. The van der Waals surface area contributed by atoms with Crippen LogP contribution < -0.4 is 4.57 Å². The van der Waals surface area contributed by atoms with Crippen molar-refractivity contribution >= 4 is 21.9 Å². The maximum absolute atomic E-state index is 15.6. The van der Waals surface area contributed by atoms with Crippen LogP contribution in [0.4, 0.5) is 4.39 Å². The molecule has 0 spiro atoms. The molecule has 7 aromatic rings. The Morgan fingerprint density at radius 1 is 0.761 bits per heavy atom. The van der Waals surface area contributed by atoms with E-state index in [2.05, 4.69) is 54.6 Å². The third kappa shape index (κ3) is 5.14. The number of benzene rings is 5. The summed E-state index contributed by atoms with van der Waals surface area (Å²) in [5.74, 6) is -1.00. The predicted octanol–water partition coefficient (Wildman–Crippen LogP) is 10.6. The van der Waals surface area contributed by atoms with Crippen molar-refractivity contribution < 1.29 is 16.1 Å². The number of halogens is 1. The van der Waals surface area contributed by atoms with Crippen molar-refractivity contribution in [3.05, 3.63) is 138 Å². The minimum Gasteiger partial charge on any atom is -0.454 e. The van der Waals surface area contributed by atoms with E-state index in [-0.39, 0.29) is 5.56 Å². The Bertz CT molecular complexity index is 2370. The SMILES string of the molecule is [2H]C([2H])(c1c[n+](C)c(-c2c(C)ccc3c2oc2c(-c4ccc(-c5ccc(-c6ccccc6)cc5)cc4)c(C#N)ccc23)cc1F)C(C)C. The lowest BCUT2D eigenvalue weighted by molar-refractivity contribution is -0.661. The molecular weight excluding hydrogens is 567 g/mol. The molecule has 3 nitrogen and oxygen atoms in total. The summed E-state index contributed by atoms with van der Waals surface area (Å²) in [7, 11) is 1.80. The Morgan fingerprint density at radius 2 is 1.30 bits per heavy atom. The van der Waals surface area contributed by atoms with Crippen molar-refractivity contribution in [3.63, 3.8) is 0 Å². The summed E-state index contributed by atoms with van der Waals surface area (Å²) in [5.41, 5.74) is 9.93. The van der Waals surface area contributed by atoms with E-state index >= 15 is 4.39 Å². The van der Waals surface area contributed by atoms with Gasteiger partial charge < -0.3 is 4.42 Å². The average Bonchev–Trinajstić information content (AvgIpc) is 3.47. The van der Waals surface area contributed by atoms with Crippen LogP contribution in [-0.4, -0.2) is 0 Å². The minimum atomic E-state index is -1.83. The van der Waals surface area contributed by atoms with E-state index in [0.29, 0.717) is 28.0 Å². The molecule has 0 saturated carbocycles. The van der Waals surface area contributed by atoms with Crippen molar-refractivity contribution in [1.29, 1.82) is 5.26 Å². The molecule has 2 aromatic heterocycles. The van der Waals surface area contributed by atoms with Crippen LogP contribution in [0.15, 0.2) is 120 Å². The summed E-state index contributed by atoms with van der Waals surface area (Å²) in [6.07, 6.45) is -0.286. The van der Waals surface area contributed by atoms with Crippen LogP contribution in [0.3, 0.4) is 0 Å². The zero-order valence-electron chi connectivity index (χ0n) is 28.2.